The van der Waals surface area contributed by atoms with Crippen molar-refractivity contribution in [1.82, 2.24) is 15.3 Å². The molecule has 1 N–H and O–H groups in total. The smallest absolute Gasteiger partial charge is 0.275 e. The average molecular weight is 249 g/mol. The van der Waals surface area contributed by atoms with Crippen LogP contribution in [0.3, 0.4) is 0 Å². The number of rotatable bonds is 4. The number of carbonyl (C=O) groups excluding carboxylic acids is 1. The quantitative estimate of drug-likeness (QED) is 0.829. The minimum absolute atomic E-state index is 0.156. The van der Waals surface area contributed by atoms with Crippen LogP contribution in [0.15, 0.2) is 6.20 Å². The van der Waals surface area contributed by atoms with E-state index in [4.69, 9.17) is 4.84 Å². The number of aryl methyl sites for hydroxylation is 1. The highest BCUT2D eigenvalue weighted by molar-refractivity contribution is 5.94. The molecule has 18 heavy (non-hydrogen) atoms. The van der Waals surface area contributed by atoms with E-state index >= 15 is 0 Å². The summed E-state index contributed by atoms with van der Waals surface area (Å²) in [7, 11) is 1.85. The summed E-state index contributed by atoms with van der Waals surface area (Å²) in [6.45, 7) is 0. The SMILES string of the molecule is Cn1cc(C(=O)NOC2CCC2)c(C2CCC2)n1. The summed E-state index contributed by atoms with van der Waals surface area (Å²) in [4.78, 5) is 17.4. The minimum atomic E-state index is -0.156. The fourth-order valence-electron chi connectivity index (χ4n) is 2.34. The molecule has 0 bridgehead atoms. The molecular weight excluding hydrogens is 230 g/mol. The van der Waals surface area contributed by atoms with Gasteiger partial charge in [-0.3, -0.25) is 14.3 Å². The van der Waals surface area contributed by atoms with Crippen molar-refractivity contribution < 1.29 is 9.63 Å². The number of nitrogens with one attached hydrogen (secondary N) is 1. The highest BCUT2D eigenvalue weighted by Crippen LogP contribution is 2.37. The lowest BCUT2D eigenvalue weighted by molar-refractivity contribution is -0.0508. The molecule has 1 aromatic rings. The highest BCUT2D eigenvalue weighted by Gasteiger charge is 2.28. The van der Waals surface area contributed by atoms with Gasteiger partial charge in [-0.05, 0) is 32.1 Å². The maximum atomic E-state index is 12.1. The van der Waals surface area contributed by atoms with Gasteiger partial charge in [-0.25, -0.2) is 5.48 Å². The Balaban J connectivity index is 1.67. The third kappa shape index (κ3) is 2.14. The largest absolute Gasteiger partial charge is 0.278 e. The number of hydroxylamine groups is 1. The Morgan fingerprint density at radius 3 is 2.67 bits per heavy atom. The topological polar surface area (TPSA) is 56.2 Å². The van der Waals surface area contributed by atoms with Crippen molar-refractivity contribution in [1.29, 1.82) is 0 Å². The molecule has 2 aliphatic carbocycles. The van der Waals surface area contributed by atoms with Crippen molar-refractivity contribution in [3.8, 4) is 0 Å². The van der Waals surface area contributed by atoms with E-state index < -0.39 is 0 Å². The second kappa shape index (κ2) is 4.72. The highest BCUT2D eigenvalue weighted by atomic mass is 16.7. The number of nitrogens with zero attached hydrogens (tertiary/aromatic N) is 2. The molecule has 0 spiro atoms. The molecule has 0 atom stereocenters. The molecule has 2 fully saturated rings. The van der Waals surface area contributed by atoms with Crippen LogP contribution in [-0.4, -0.2) is 21.8 Å². The molecule has 1 aromatic heterocycles. The first-order valence-corrected chi connectivity index (χ1v) is 6.73. The zero-order valence-corrected chi connectivity index (χ0v) is 10.7. The molecule has 0 aromatic carbocycles. The van der Waals surface area contributed by atoms with Crippen molar-refractivity contribution in [2.75, 3.05) is 0 Å². The predicted octanol–water partition coefficient (Wildman–Crippen LogP) is 1.90. The van der Waals surface area contributed by atoms with Gasteiger partial charge in [-0.15, -0.1) is 0 Å². The molecule has 0 aliphatic heterocycles. The first kappa shape index (κ1) is 11.7. The number of aromatic nitrogens is 2. The van der Waals surface area contributed by atoms with Gasteiger partial charge in [0.15, 0.2) is 0 Å². The van der Waals surface area contributed by atoms with Crippen molar-refractivity contribution in [3.63, 3.8) is 0 Å². The molecule has 3 rings (SSSR count). The Hall–Kier alpha value is -1.36. The van der Waals surface area contributed by atoms with E-state index in [0.29, 0.717) is 11.5 Å². The Bertz CT molecular complexity index is 447. The molecule has 1 amide bonds. The zero-order chi connectivity index (χ0) is 12.5. The van der Waals surface area contributed by atoms with E-state index in [9.17, 15) is 4.79 Å². The van der Waals surface area contributed by atoms with Crippen molar-refractivity contribution >= 4 is 5.91 Å². The summed E-state index contributed by atoms with van der Waals surface area (Å²) in [6, 6.07) is 0. The van der Waals surface area contributed by atoms with Gasteiger partial charge >= 0.3 is 0 Å². The fraction of sp³-hybridized carbons (Fsp3) is 0.692. The van der Waals surface area contributed by atoms with Crippen LogP contribution in [0.5, 0.6) is 0 Å². The van der Waals surface area contributed by atoms with Crippen molar-refractivity contribution in [2.24, 2.45) is 7.05 Å². The maximum absolute atomic E-state index is 12.1. The van der Waals surface area contributed by atoms with E-state index in [1.165, 1.54) is 12.8 Å². The molecular formula is C13H19N3O2. The number of carbonyl (C=O) groups is 1. The van der Waals surface area contributed by atoms with Crippen LogP contribution in [0.1, 0.15) is 60.5 Å². The molecule has 0 unspecified atom stereocenters. The van der Waals surface area contributed by atoms with E-state index in [1.54, 1.807) is 10.9 Å². The van der Waals surface area contributed by atoms with E-state index in [-0.39, 0.29) is 12.0 Å². The summed E-state index contributed by atoms with van der Waals surface area (Å²) < 4.78 is 1.71. The molecule has 5 heteroatoms. The number of hydrogen-bond donors (Lipinski definition) is 1. The van der Waals surface area contributed by atoms with Crippen LogP contribution < -0.4 is 5.48 Å². The Kier molecular flexibility index (Phi) is 3.07. The minimum Gasteiger partial charge on any atom is -0.275 e. The van der Waals surface area contributed by atoms with Gasteiger partial charge < -0.3 is 0 Å². The van der Waals surface area contributed by atoms with Gasteiger partial charge in [-0.2, -0.15) is 5.10 Å². The average Bonchev–Trinajstić information content (AvgIpc) is 2.55. The standard InChI is InChI=1S/C13H19N3O2/c1-16-8-11(12(14-16)9-4-2-5-9)13(17)15-18-10-6-3-7-10/h8-10H,2-7H2,1H3,(H,15,17). The second-order valence-electron chi connectivity index (χ2n) is 5.33. The summed E-state index contributed by atoms with van der Waals surface area (Å²) in [5.41, 5.74) is 4.16. The first-order chi connectivity index (χ1) is 8.74. The maximum Gasteiger partial charge on any atom is 0.278 e. The summed E-state index contributed by atoms with van der Waals surface area (Å²) >= 11 is 0. The number of hydrogen-bond acceptors (Lipinski definition) is 3. The lowest BCUT2D eigenvalue weighted by atomic mass is 9.81. The van der Waals surface area contributed by atoms with Crippen LogP contribution in [0.25, 0.3) is 0 Å². The fourth-order valence-corrected chi connectivity index (χ4v) is 2.34. The number of amides is 1. The van der Waals surface area contributed by atoms with Gasteiger partial charge in [0.1, 0.15) is 0 Å². The van der Waals surface area contributed by atoms with Crippen LogP contribution in [0, 0.1) is 0 Å². The van der Waals surface area contributed by atoms with Gasteiger partial charge in [0.2, 0.25) is 0 Å². The summed E-state index contributed by atoms with van der Waals surface area (Å²) in [5.74, 6) is 0.299. The Labute approximate surface area is 106 Å². The Morgan fingerprint density at radius 1 is 1.39 bits per heavy atom. The summed E-state index contributed by atoms with van der Waals surface area (Å²) in [6.07, 6.45) is 8.79. The van der Waals surface area contributed by atoms with Crippen LogP contribution in [0.2, 0.25) is 0 Å². The third-order valence-electron chi connectivity index (χ3n) is 3.96. The van der Waals surface area contributed by atoms with Gasteiger partial charge in [0.05, 0.1) is 17.4 Å². The zero-order valence-electron chi connectivity index (χ0n) is 10.7. The van der Waals surface area contributed by atoms with Crippen LogP contribution in [0.4, 0.5) is 0 Å². The summed E-state index contributed by atoms with van der Waals surface area (Å²) in [5, 5.41) is 4.42. The van der Waals surface area contributed by atoms with Gasteiger partial charge in [-0.1, -0.05) is 6.42 Å². The lowest BCUT2D eigenvalue weighted by Crippen LogP contribution is -2.33. The molecule has 0 radical (unpaired) electrons. The molecule has 98 valence electrons. The van der Waals surface area contributed by atoms with Crippen molar-refractivity contribution in [3.05, 3.63) is 17.5 Å². The Morgan fingerprint density at radius 2 is 2.11 bits per heavy atom. The third-order valence-corrected chi connectivity index (χ3v) is 3.96. The molecule has 0 saturated heterocycles. The molecule has 2 aliphatic rings. The van der Waals surface area contributed by atoms with Crippen molar-refractivity contribution in [2.45, 2.75) is 50.5 Å². The lowest BCUT2D eigenvalue weighted by Gasteiger charge is -2.26. The molecule has 2 saturated carbocycles. The normalized spacial score (nSPS) is 20.3. The van der Waals surface area contributed by atoms with E-state index in [2.05, 4.69) is 10.6 Å². The van der Waals surface area contributed by atoms with Crippen LogP contribution >= 0.6 is 0 Å². The predicted molar refractivity (Wildman–Crippen MR) is 66.0 cm³/mol. The van der Waals surface area contributed by atoms with Gasteiger partial charge in [0, 0.05) is 19.2 Å². The van der Waals surface area contributed by atoms with E-state index in [1.807, 2.05) is 7.05 Å². The molecule has 1 heterocycles. The second-order valence-corrected chi connectivity index (χ2v) is 5.33. The van der Waals surface area contributed by atoms with Gasteiger partial charge in [0.25, 0.3) is 5.91 Å². The molecule has 5 nitrogen and oxygen atoms in total. The first-order valence-electron chi connectivity index (χ1n) is 6.73. The van der Waals surface area contributed by atoms with E-state index in [0.717, 1.165) is 31.4 Å². The monoisotopic (exact) mass is 249 g/mol. The van der Waals surface area contributed by atoms with Crippen LogP contribution in [-0.2, 0) is 11.9 Å².